The topological polar surface area (TPSA) is 69.1 Å². The predicted octanol–water partition coefficient (Wildman–Crippen LogP) is 3.83. The highest BCUT2D eigenvalue weighted by Crippen LogP contribution is 2.21. The van der Waals surface area contributed by atoms with Gasteiger partial charge in [-0.25, -0.2) is 4.98 Å². The molecule has 1 aliphatic rings. The van der Waals surface area contributed by atoms with Gasteiger partial charge in [-0.15, -0.1) is 0 Å². The minimum atomic E-state index is 0.203. The van der Waals surface area contributed by atoms with E-state index in [2.05, 4.69) is 9.97 Å². The molecule has 1 aromatic heterocycles. The quantitative estimate of drug-likeness (QED) is 0.800. The van der Waals surface area contributed by atoms with Gasteiger partial charge >= 0.3 is 0 Å². The van der Waals surface area contributed by atoms with Gasteiger partial charge in [0.25, 0.3) is 0 Å². The van der Waals surface area contributed by atoms with E-state index >= 15 is 0 Å². The molecule has 3 rings (SSSR count). The van der Waals surface area contributed by atoms with Gasteiger partial charge in [0.05, 0.1) is 5.76 Å². The van der Waals surface area contributed by atoms with Crippen LogP contribution >= 0.6 is 0 Å². The Balaban J connectivity index is 1.77. The average molecular weight is 280 g/mol. The number of H-pyrrole nitrogens is 1. The average Bonchev–Trinajstić information content (AvgIpc) is 2.99. The number of imidazole rings is 1. The molecule has 1 heterocycles. The number of benzene rings is 1. The fraction of sp³-hybridized carbons (Fsp3) is 0.118. The summed E-state index contributed by atoms with van der Waals surface area (Å²) in [6.07, 6.45) is 9.50. The first-order valence-electron chi connectivity index (χ1n) is 6.79. The molecule has 21 heavy (non-hydrogen) atoms. The third-order valence-electron chi connectivity index (χ3n) is 3.44. The number of nitrogens with one attached hydrogen (secondary N) is 1. The lowest BCUT2D eigenvalue weighted by Gasteiger charge is -2.07. The van der Waals surface area contributed by atoms with Crippen LogP contribution in [0, 0.1) is 0 Å². The van der Waals surface area contributed by atoms with E-state index in [4.69, 9.17) is 0 Å². The highest BCUT2D eigenvalue weighted by Gasteiger charge is 2.08. The molecule has 0 radical (unpaired) electrons. The Kier molecular flexibility index (Phi) is 3.60. The first kappa shape index (κ1) is 13.2. The van der Waals surface area contributed by atoms with Crippen molar-refractivity contribution in [3.8, 4) is 11.4 Å². The largest absolute Gasteiger partial charge is 0.512 e. The summed E-state index contributed by atoms with van der Waals surface area (Å²) in [5, 5.41) is 19.4. The highest BCUT2D eigenvalue weighted by molar-refractivity contribution is 5.55. The second-order valence-electron chi connectivity index (χ2n) is 4.95. The number of aliphatic hydroxyl groups excluding tert-OH is 2. The van der Waals surface area contributed by atoms with Gasteiger partial charge in [-0.05, 0) is 23.3 Å². The molecule has 1 aliphatic carbocycles. The summed E-state index contributed by atoms with van der Waals surface area (Å²) >= 11 is 0. The van der Waals surface area contributed by atoms with Crippen LogP contribution in [-0.4, -0.2) is 20.2 Å². The Hall–Kier alpha value is -2.75. The van der Waals surface area contributed by atoms with E-state index in [1.165, 1.54) is 12.2 Å². The number of allylic oxidation sites excluding steroid dienone is 4. The minimum absolute atomic E-state index is 0.203. The van der Waals surface area contributed by atoms with Gasteiger partial charge in [0.2, 0.25) is 0 Å². The second-order valence-corrected chi connectivity index (χ2v) is 4.95. The van der Waals surface area contributed by atoms with Gasteiger partial charge < -0.3 is 15.2 Å². The lowest BCUT2D eigenvalue weighted by molar-refractivity contribution is 0.401. The van der Waals surface area contributed by atoms with Crippen molar-refractivity contribution in [1.29, 1.82) is 0 Å². The van der Waals surface area contributed by atoms with Gasteiger partial charge in [0.1, 0.15) is 11.6 Å². The molecule has 3 N–H and O–H groups in total. The fourth-order valence-corrected chi connectivity index (χ4v) is 2.27. The Bertz CT molecular complexity index is 708. The molecular weight excluding hydrogens is 264 g/mol. The van der Waals surface area contributed by atoms with Gasteiger partial charge in [0.15, 0.2) is 0 Å². The monoisotopic (exact) mass is 280 g/mol. The molecule has 2 aromatic rings. The smallest absolute Gasteiger partial charge is 0.137 e. The SMILES string of the molecule is OC1=CC=C(O)C(Cc2ccc(-c3ncc[nH]3)cc2)=CC1. The van der Waals surface area contributed by atoms with Gasteiger partial charge in [-0.1, -0.05) is 30.3 Å². The van der Waals surface area contributed by atoms with Crippen molar-refractivity contribution in [3.05, 3.63) is 77.5 Å². The van der Waals surface area contributed by atoms with Crippen molar-refractivity contribution in [2.75, 3.05) is 0 Å². The number of aliphatic hydroxyl groups is 2. The summed E-state index contributed by atoms with van der Waals surface area (Å²) in [6.45, 7) is 0. The molecular formula is C17H16N2O2. The lowest BCUT2D eigenvalue weighted by atomic mass is 10.0. The molecule has 1 aromatic carbocycles. The fourth-order valence-electron chi connectivity index (χ4n) is 2.27. The molecule has 0 spiro atoms. The van der Waals surface area contributed by atoms with E-state index in [0.29, 0.717) is 12.8 Å². The van der Waals surface area contributed by atoms with Crippen LogP contribution in [0.4, 0.5) is 0 Å². The van der Waals surface area contributed by atoms with Gasteiger partial charge in [0, 0.05) is 30.8 Å². The van der Waals surface area contributed by atoms with E-state index in [1.54, 1.807) is 12.4 Å². The molecule has 106 valence electrons. The zero-order chi connectivity index (χ0) is 14.7. The Morgan fingerprint density at radius 1 is 1.10 bits per heavy atom. The maximum absolute atomic E-state index is 9.95. The Morgan fingerprint density at radius 3 is 2.62 bits per heavy atom. The minimum Gasteiger partial charge on any atom is -0.512 e. The molecule has 4 nitrogen and oxygen atoms in total. The van der Waals surface area contributed by atoms with Crippen LogP contribution in [-0.2, 0) is 6.42 Å². The first-order chi connectivity index (χ1) is 10.2. The van der Waals surface area contributed by atoms with Gasteiger partial charge in [-0.2, -0.15) is 0 Å². The van der Waals surface area contributed by atoms with Crippen molar-refractivity contribution >= 4 is 0 Å². The Labute approximate surface area is 122 Å². The molecule has 0 saturated carbocycles. The summed E-state index contributed by atoms with van der Waals surface area (Å²) < 4.78 is 0. The van der Waals surface area contributed by atoms with Crippen molar-refractivity contribution in [2.45, 2.75) is 12.8 Å². The van der Waals surface area contributed by atoms with Crippen LogP contribution in [0.1, 0.15) is 12.0 Å². The molecule has 0 amide bonds. The third kappa shape index (κ3) is 3.05. The number of hydrogen-bond donors (Lipinski definition) is 3. The zero-order valence-corrected chi connectivity index (χ0v) is 11.5. The highest BCUT2D eigenvalue weighted by atomic mass is 16.3. The molecule has 0 unspecified atom stereocenters. The van der Waals surface area contributed by atoms with E-state index in [0.717, 1.165) is 22.5 Å². The van der Waals surface area contributed by atoms with E-state index in [9.17, 15) is 10.2 Å². The molecule has 0 saturated heterocycles. The zero-order valence-electron chi connectivity index (χ0n) is 11.5. The van der Waals surface area contributed by atoms with Crippen molar-refractivity contribution in [2.24, 2.45) is 0 Å². The molecule has 0 fully saturated rings. The predicted molar refractivity (Wildman–Crippen MR) is 81.9 cm³/mol. The van der Waals surface area contributed by atoms with E-state index in [1.807, 2.05) is 30.3 Å². The number of aromatic amines is 1. The summed E-state index contributed by atoms with van der Waals surface area (Å²) in [7, 11) is 0. The number of hydrogen-bond acceptors (Lipinski definition) is 3. The lowest BCUT2D eigenvalue weighted by Crippen LogP contribution is -1.94. The van der Waals surface area contributed by atoms with Crippen LogP contribution in [0.25, 0.3) is 11.4 Å². The second kappa shape index (κ2) is 5.71. The summed E-state index contributed by atoms with van der Waals surface area (Å²) in [4.78, 5) is 7.28. The first-order valence-corrected chi connectivity index (χ1v) is 6.79. The number of rotatable bonds is 3. The van der Waals surface area contributed by atoms with Crippen LogP contribution in [0.2, 0.25) is 0 Å². The summed E-state index contributed by atoms with van der Waals surface area (Å²) in [5.41, 5.74) is 2.94. The number of aromatic nitrogens is 2. The molecule has 0 atom stereocenters. The maximum atomic E-state index is 9.95. The summed E-state index contributed by atoms with van der Waals surface area (Å²) in [6, 6.07) is 8.04. The van der Waals surface area contributed by atoms with E-state index in [-0.39, 0.29) is 11.5 Å². The standard InChI is InChI=1S/C17H16N2O2/c20-15-6-5-14(16(21)8-7-15)11-12-1-3-13(4-2-12)17-18-9-10-19-17/h1-5,7-10,20-21H,6,11H2,(H,18,19). The van der Waals surface area contributed by atoms with Crippen molar-refractivity contribution in [1.82, 2.24) is 9.97 Å². The van der Waals surface area contributed by atoms with Crippen LogP contribution in [0.15, 0.2) is 72.0 Å². The van der Waals surface area contributed by atoms with Crippen LogP contribution < -0.4 is 0 Å². The molecule has 0 aliphatic heterocycles. The van der Waals surface area contributed by atoms with Crippen molar-refractivity contribution < 1.29 is 10.2 Å². The molecule has 4 heteroatoms. The van der Waals surface area contributed by atoms with Crippen molar-refractivity contribution in [3.63, 3.8) is 0 Å². The third-order valence-corrected chi connectivity index (χ3v) is 3.44. The van der Waals surface area contributed by atoms with Crippen LogP contribution in [0.5, 0.6) is 0 Å². The van der Waals surface area contributed by atoms with Gasteiger partial charge in [-0.3, -0.25) is 0 Å². The Morgan fingerprint density at radius 2 is 1.90 bits per heavy atom. The van der Waals surface area contributed by atoms with E-state index < -0.39 is 0 Å². The normalized spacial score (nSPS) is 15.0. The maximum Gasteiger partial charge on any atom is 0.137 e. The molecule has 0 bridgehead atoms. The number of nitrogens with zero attached hydrogens (tertiary/aromatic N) is 1. The summed E-state index contributed by atoms with van der Waals surface area (Å²) in [5.74, 6) is 1.30. The van der Waals surface area contributed by atoms with Crippen LogP contribution in [0.3, 0.4) is 0 Å².